The van der Waals surface area contributed by atoms with E-state index in [2.05, 4.69) is 10.2 Å². The van der Waals surface area contributed by atoms with Gasteiger partial charge in [-0.15, -0.1) is 0 Å². The summed E-state index contributed by atoms with van der Waals surface area (Å²) in [7, 11) is 0. The lowest BCUT2D eigenvalue weighted by atomic mass is 10.1. The van der Waals surface area contributed by atoms with E-state index in [-0.39, 0.29) is 22.6 Å². The second-order valence-corrected chi connectivity index (χ2v) is 7.59. The van der Waals surface area contributed by atoms with Crippen molar-refractivity contribution in [2.45, 2.75) is 33.4 Å². The van der Waals surface area contributed by atoms with E-state index in [1.54, 1.807) is 28.3 Å². The fourth-order valence-electron chi connectivity index (χ4n) is 3.63. The van der Waals surface area contributed by atoms with Gasteiger partial charge < -0.3 is 19.2 Å². The summed E-state index contributed by atoms with van der Waals surface area (Å²) < 4.78 is 8.63. The van der Waals surface area contributed by atoms with Gasteiger partial charge in [0.25, 0.3) is 17.0 Å². The SMILES string of the molecule is Cc1ccn(CCN2CCOCC2)c(=O)c1C(=O)NCCCn1c(C)cccc1=O. The maximum absolute atomic E-state index is 12.9. The van der Waals surface area contributed by atoms with Gasteiger partial charge in [-0.05, 0) is 38.0 Å². The number of carbonyl (C=O) groups is 1. The third-order valence-electron chi connectivity index (χ3n) is 5.47. The monoisotopic (exact) mass is 414 g/mol. The highest BCUT2D eigenvalue weighted by molar-refractivity contribution is 5.95. The van der Waals surface area contributed by atoms with Crippen LogP contribution in [0.5, 0.6) is 0 Å². The van der Waals surface area contributed by atoms with Crippen LogP contribution in [0.25, 0.3) is 0 Å². The third-order valence-corrected chi connectivity index (χ3v) is 5.47. The largest absolute Gasteiger partial charge is 0.379 e. The number of aryl methyl sites for hydroxylation is 2. The zero-order valence-corrected chi connectivity index (χ0v) is 17.7. The molecule has 1 aliphatic rings. The number of carbonyl (C=O) groups excluding carboxylic acids is 1. The van der Waals surface area contributed by atoms with E-state index in [9.17, 15) is 14.4 Å². The van der Waals surface area contributed by atoms with Crippen LogP contribution in [0.15, 0.2) is 40.1 Å². The molecular weight excluding hydrogens is 384 g/mol. The molecular formula is C22H30N4O4. The van der Waals surface area contributed by atoms with Crippen LogP contribution in [0, 0.1) is 13.8 Å². The molecule has 0 bridgehead atoms. The first-order valence-corrected chi connectivity index (χ1v) is 10.4. The number of pyridine rings is 2. The molecule has 30 heavy (non-hydrogen) atoms. The molecule has 0 saturated carbocycles. The van der Waals surface area contributed by atoms with Gasteiger partial charge in [0.1, 0.15) is 5.56 Å². The van der Waals surface area contributed by atoms with Crippen molar-refractivity contribution in [1.82, 2.24) is 19.4 Å². The number of hydrogen-bond acceptors (Lipinski definition) is 5. The van der Waals surface area contributed by atoms with Crippen molar-refractivity contribution in [3.8, 4) is 0 Å². The fraction of sp³-hybridized carbons (Fsp3) is 0.500. The molecule has 162 valence electrons. The van der Waals surface area contributed by atoms with Crippen molar-refractivity contribution in [3.05, 3.63) is 68.0 Å². The molecule has 0 aromatic carbocycles. The van der Waals surface area contributed by atoms with Crippen molar-refractivity contribution in [1.29, 1.82) is 0 Å². The standard InChI is InChI=1S/C22H30N4O4/c1-17-7-10-25(12-11-24-13-15-30-16-14-24)22(29)20(17)21(28)23-8-4-9-26-18(2)5-3-6-19(26)27/h3,5-7,10H,4,8-9,11-16H2,1-2H3,(H,23,28). The minimum Gasteiger partial charge on any atom is -0.379 e. The van der Waals surface area contributed by atoms with Gasteiger partial charge in [0, 0.05) is 57.2 Å². The summed E-state index contributed by atoms with van der Waals surface area (Å²) in [5.41, 5.74) is 1.41. The summed E-state index contributed by atoms with van der Waals surface area (Å²) in [5.74, 6) is -0.365. The Hall–Kier alpha value is -2.71. The van der Waals surface area contributed by atoms with Crippen LogP contribution in [0.4, 0.5) is 0 Å². The normalized spacial score (nSPS) is 14.6. The van der Waals surface area contributed by atoms with Crippen molar-refractivity contribution in [3.63, 3.8) is 0 Å². The molecule has 1 saturated heterocycles. The number of aromatic nitrogens is 2. The van der Waals surface area contributed by atoms with Gasteiger partial charge in [-0.25, -0.2) is 0 Å². The minimum atomic E-state index is -0.365. The average molecular weight is 415 g/mol. The van der Waals surface area contributed by atoms with Gasteiger partial charge >= 0.3 is 0 Å². The molecule has 0 unspecified atom stereocenters. The van der Waals surface area contributed by atoms with E-state index < -0.39 is 0 Å². The van der Waals surface area contributed by atoms with Gasteiger partial charge in [-0.3, -0.25) is 19.3 Å². The predicted octanol–water partition coefficient (Wildman–Crippen LogP) is 0.779. The number of nitrogens with zero attached hydrogens (tertiary/aromatic N) is 3. The summed E-state index contributed by atoms with van der Waals surface area (Å²) in [6.45, 7) is 8.99. The van der Waals surface area contributed by atoms with Crippen LogP contribution in [0.1, 0.15) is 28.0 Å². The van der Waals surface area contributed by atoms with Gasteiger partial charge in [-0.2, -0.15) is 0 Å². The van der Waals surface area contributed by atoms with Crippen molar-refractivity contribution < 1.29 is 9.53 Å². The number of rotatable bonds is 8. The van der Waals surface area contributed by atoms with Crippen LogP contribution in [-0.4, -0.2) is 59.3 Å². The lowest BCUT2D eigenvalue weighted by molar-refractivity contribution is 0.0362. The zero-order chi connectivity index (χ0) is 21.5. The molecule has 8 heteroatoms. The van der Waals surface area contributed by atoms with Crippen molar-refractivity contribution in [2.24, 2.45) is 0 Å². The van der Waals surface area contributed by atoms with Gasteiger partial charge in [-0.1, -0.05) is 6.07 Å². The molecule has 0 atom stereocenters. The summed E-state index contributed by atoms with van der Waals surface area (Å²) >= 11 is 0. The Morgan fingerprint density at radius 2 is 1.83 bits per heavy atom. The number of nitrogens with one attached hydrogen (secondary N) is 1. The first-order valence-electron chi connectivity index (χ1n) is 10.4. The topological polar surface area (TPSA) is 85.6 Å². The lowest BCUT2D eigenvalue weighted by Gasteiger charge is -2.26. The molecule has 0 aliphatic carbocycles. The first-order chi connectivity index (χ1) is 14.5. The molecule has 0 spiro atoms. The Bertz CT molecular complexity index is 989. The Morgan fingerprint density at radius 1 is 1.07 bits per heavy atom. The van der Waals surface area contributed by atoms with E-state index >= 15 is 0 Å². The van der Waals surface area contributed by atoms with Crippen LogP contribution in [-0.2, 0) is 17.8 Å². The van der Waals surface area contributed by atoms with E-state index in [4.69, 9.17) is 4.74 Å². The van der Waals surface area contributed by atoms with Crippen molar-refractivity contribution >= 4 is 5.91 Å². The van der Waals surface area contributed by atoms with Crippen LogP contribution < -0.4 is 16.4 Å². The van der Waals surface area contributed by atoms with Gasteiger partial charge in [0.15, 0.2) is 0 Å². The lowest BCUT2D eigenvalue weighted by Crippen LogP contribution is -2.40. The molecule has 1 amide bonds. The summed E-state index contributed by atoms with van der Waals surface area (Å²) in [6, 6.07) is 6.95. The molecule has 0 radical (unpaired) electrons. The van der Waals surface area contributed by atoms with E-state index in [0.29, 0.717) is 44.8 Å². The van der Waals surface area contributed by atoms with Crippen LogP contribution in [0.2, 0.25) is 0 Å². The Morgan fingerprint density at radius 3 is 2.57 bits per heavy atom. The molecule has 3 rings (SSSR count). The quantitative estimate of drug-likeness (QED) is 0.646. The zero-order valence-electron chi connectivity index (χ0n) is 17.7. The summed E-state index contributed by atoms with van der Waals surface area (Å²) in [6.07, 6.45) is 2.35. The van der Waals surface area contributed by atoms with E-state index in [1.165, 1.54) is 6.07 Å². The van der Waals surface area contributed by atoms with Gasteiger partial charge in [0.2, 0.25) is 0 Å². The highest BCUT2D eigenvalue weighted by atomic mass is 16.5. The molecule has 2 aromatic heterocycles. The Balaban J connectivity index is 1.58. The second kappa shape index (κ2) is 10.4. The fourth-order valence-corrected chi connectivity index (χ4v) is 3.63. The van der Waals surface area contributed by atoms with E-state index in [0.717, 1.165) is 25.3 Å². The summed E-state index contributed by atoms with van der Waals surface area (Å²) in [4.78, 5) is 39.7. The Kier molecular flexibility index (Phi) is 7.59. The summed E-state index contributed by atoms with van der Waals surface area (Å²) in [5, 5.41) is 2.83. The maximum Gasteiger partial charge on any atom is 0.263 e. The van der Waals surface area contributed by atoms with E-state index in [1.807, 2.05) is 19.1 Å². The molecule has 3 heterocycles. The molecule has 2 aromatic rings. The molecule has 1 aliphatic heterocycles. The maximum atomic E-state index is 12.9. The van der Waals surface area contributed by atoms with Crippen LogP contribution >= 0.6 is 0 Å². The van der Waals surface area contributed by atoms with Crippen molar-refractivity contribution in [2.75, 3.05) is 39.4 Å². The third kappa shape index (κ3) is 5.46. The first kappa shape index (κ1) is 22.0. The highest BCUT2D eigenvalue weighted by Gasteiger charge is 2.16. The molecule has 1 fully saturated rings. The highest BCUT2D eigenvalue weighted by Crippen LogP contribution is 2.04. The number of ether oxygens (including phenoxy) is 1. The molecule has 1 N–H and O–H groups in total. The van der Waals surface area contributed by atoms with Crippen LogP contribution in [0.3, 0.4) is 0 Å². The Labute approximate surface area is 176 Å². The molecule has 8 nitrogen and oxygen atoms in total. The number of hydrogen-bond donors (Lipinski definition) is 1. The number of morpholine rings is 1. The number of amides is 1. The minimum absolute atomic E-state index is 0.0524. The average Bonchev–Trinajstić information content (AvgIpc) is 2.73. The second-order valence-electron chi connectivity index (χ2n) is 7.59. The smallest absolute Gasteiger partial charge is 0.263 e. The van der Waals surface area contributed by atoms with Gasteiger partial charge in [0.05, 0.1) is 13.2 Å². The predicted molar refractivity (Wildman–Crippen MR) is 115 cm³/mol.